The first-order chi connectivity index (χ1) is 8.24. The Kier molecular flexibility index (Phi) is 3.98. The number of rotatable bonds is 5. The van der Waals surface area contributed by atoms with Crippen molar-refractivity contribution in [3.05, 3.63) is 40.5 Å². The van der Waals surface area contributed by atoms with Crippen LogP contribution in [0.5, 0.6) is 0 Å². The van der Waals surface area contributed by atoms with Crippen LogP contribution in [-0.2, 0) is 11.3 Å². The van der Waals surface area contributed by atoms with Crippen molar-refractivity contribution in [2.45, 2.75) is 12.6 Å². The van der Waals surface area contributed by atoms with Gasteiger partial charge in [-0.15, -0.1) is 0 Å². The summed E-state index contributed by atoms with van der Waals surface area (Å²) in [5.74, 6) is 0.713. The minimum atomic E-state index is -0.335. The van der Waals surface area contributed by atoms with Crippen molar-refractivity contribution in [1.82, 2.24) is 9.78 Å². The fraction of sp³-hybridized carbons (Fsp3) is 0.364. The van der Waals surface area contributed by atoms with Gasteiger partial charge >= 0.3 is 0 Å². The zero-order chi connectivity index (χ0) is 12.3. The maximum absolute atomic E-state index is 6.15. The summed E-state index contributed by atoms with van der Waals surface area (Å²) in [6.07, 6.45) is 3.34. The van der Waals surface area contributed by atoms with Gasteiger partial charge in [-0.1, -0.05) is 0 Å². The van der Waals surface area contributed by atoms with Crippen LogP contribution in [-0.4, -0.2) is 23.5 Å². The fourth-order valence-corrected chi connectivity index (χ4v) is 2.18. The molecule has 0 radical (unpaired) electrons. The lowest BCUT2D eigenvalue weighted by Crippen LogP contribution is -2.19. The van der Waals surface area contributed by atoms with Crippen LogP contribution in [0.4, 0.5) is 0 Å². The van der Waals surface area contributed by atoms with Crippen LogP contribution >= 0.6 is 15.9 Å². The highest BCUT2D eigenvalue weighted by Crippen LogP contribution is 2.26. The number of aromatic nitrogens is 2. The number of nitrogens with zero attached hydrogens (tertiary/aromatic N) is 2. The van der Waals surface area contributed by atoms with Gasteiger partial charge in [0, 0.05) is 7.11 Å². The molecule has 0 amide bonds. The Bertz CT molecular complexity index is 467. The Balaban J connectivity index is 2.27. The van der Waals surface area contributed by atoms with Gasteiger partial charge in [0.15, 0.2) is 0 Å². The predicted octanol–water partition coefficient (Wildman–Crippen LogP) is 1.93. The highest BCUT2D eigenvalue weighted by Gasteiger charge is 2.20. The average Bonchev–Trinajstić information content (AvgIpc) is 2.95. The van der Waals surface area contributed by atoms with Crippen molar-refractivity contribution in [1.29, 1.82) is 0 Å². The van der Waals surface area contributed by atoms with Crippen molar-refractivity contribution in [2.75, 3.05) is 13.7 Å². The molecule has 0 aliphatic carbocycles. The van der Waals surface area contributed by atoms with E-state index in [2.05, 4.69) is 21.0 Å². The topological polar surface area (TPSA) is 66.2 Å². The molecule has 1 unspecified atom stereocenters. The molecule has 0 saturated heterocycles. The van der Waals surface area contributed by atoms with Crippen LogP contribution < -0.4 is 5.73 Å². The molecule has 6 heteroatoms. The van der Waals surface area contributed by atoms with Gasteiger partial charge in [0.1, 0.15) is 11.8 Å². The smallest absolute Gasteiger partial charge is 0.126 e. The monoisotopic (exact) mass is 299 g/mol. The summed E-state index contributed by atoms with van der Waals surface area (Å²) in [5.41, 5.74) is 7.04. The standard InChI is InChI=1S/C11H14BrN3O2/c1-16-6-4-15-11(8(12)7-14-15)10(13)9-3-2-5-17-9/h2-3,5,7,10H,4,6,13H2,1H3. The Morgan fingerprint density at radius 3 is 3.12 bits per heavy atom. The largest absolute Gasteiger partial charge is 0.467 e. The maximum atomic E-state index is 6.15. The van der Waals surface area contributed by atoms with E-state index in [4.69, 9.17) is 14.9 Å². The van der Waals surface area contributed by atoms with Gasteiger partial charge in [0.25, 0.3) is 0 Å². The summed E-state index contributed by atoms with van der Waals surface area (Å²) in [7, 11) is 1.66. The quantitative estimate of drug-likeness (QED) is 0.916. The molecule has 2 aromatic rings. The van der Waals surface area contributed by atoms with E-state index in [0.717, 1.165) is 10.2 Å². The highest BCUT2D eigenvalue weighted by molar-refractivity contribution is 9.10. The van der Waals surface area contributed by atoms with E-state index >= 15 is 0 Å². The highest BCUT2D eigenvalue weighted by atomic mass is 79.9. The van der Waals surface area contributed by atoms with E-state index in [0.29, 0.717) is 18.9 Å². The van der Waals surface area contributed by atoms with Crippen LogP contribution in [0.15, 0.2) is 33.5 Å². The third-order valence-corrected chi connectivity index (χ3v) is 3.10. The molecule has 0 aliphatic rings. The van der Waals surface area contributed by atoms with Gasteiger partial charge in [-0.05, 0) is 28.1 Å². The predicted molar refractivity (Wildman–Crippen MR) is 66.5 cm³/mol. The van der Waals surface area contributed by atoms with Gasteiger partial charge in [0.2, 0.25) is 0 Å². The lowest BCUT2D eigenvalue weighted by atomic mass is 10.1. The summed E-state index contributed by atoms with van der Waals surface area (Å²) in [6, 6.07) is 3.34. The number of methoxy groups -OCH3 is 1. The minimum absolute atomic E-state index is 0.335. The number of hydrogen-bond donors (Lipinski definition) is 1. The van der Waals surface area contributed by atoms with E-state index in [1.165, 1.54) is 0 Å². The van der Waals surface area contributed by atoms with Crippen LogP contribution in [0.2, 0.25) is 0 Å². The summed E-state index contributed by atoms with van der Waals surface area (Å²) < 4.78 is 13.0. The van der Waals surface area contributed by atoms with E-state index in [-0.39, 0.29) is 6.04 Å². The van der Waals surface area contributed by atoms with E-state index < -0.39 is 0 Å². The second kappa shape index (κ2) is 5.48. The fourth-order valence-electron chi connectivity index (χ4n) is 1.64. The molecule has 2 N–H and O–H groups in total. The van der Waals surface area contributed by atoms with Crippen molar-refractivity contribution < 1.29 is 9.15 Å². The first-order valence-electron chi connectivity index (χ1n) is 5.23. The summed E-state index contributed by atoms with van der Waals surface area (Å²) in [6.45, 7) is 1.25. The zero-order valence-electron chi connectivity index (χ0n) is 9.47. The maximum Gasteiger partial charge on any atom is 0.126 e. The molecule has 0 spiro atoms. The molecule has 2 aromatic heterocycles. The molecule has 0 saturated carbocycles. The van der Waals surface area contributed by atoms with Crippen molar-refractivity contribution >= 4 is 15.9 Å². The van der Waals surface area contributed by atoms with Gasteiger partial charge in [-0.2, -0.15) is 5.10 Å². The second-order valence-electron chi connectivity index (χ2n) is 3.59. The second-order valence-corrected chi connectivity index (χ2v) is 4.44. The number of nitrogens with two attached hydrogens (primary N) is 1. The number of furan rings is 1. The first kappa shape index (κ1) is 12.3. The third-order valence-electron chi connectivity index (χ3n) is 2.48. The van der Waals surface area contributed by atoms with Crippen molar-refractivity contribution in [2.24, 2.45) is 5.73 Å². The Morgan fingerprint density at radius 2 is 2.47 bits per heavy atom. The molecule has 0 aromatic carbocycles. The van der Waals surface area contributed by atoms with Gasteiger partial charge in [-0.3, -0.25) is 4.68 Å². The van der Waals surface area contributed by atoms with E-state index in [9.17, 15) is 0 Å². The lowest BCUT2D eigenvalue weighted by Gasteiger charge is -2.12. The van der Waals surface area contributed by atoms with Gasteiger partial charge in [-0.25, -0.2) is 0 Å². The molecule has 2 rings (SSSR count). The Hall–Kier alpha value is -1.11. The minimum Gasteiger partial charge on any atom is -0.467 e. The molecule has 17 heavy (non-hydrogen) atoms. The van der Waals surface area contributed by atoms with Crippen LogP contribution in [0.1, 0.15) is 17.5 Å². The molecule has 1 atom stereocenters. The third kappa shape index (κ3) is 2.59. The summed E-state index contributed by atoms with van der Waals surface area (Å²) in [4.78, 5) is 0. The number of halogens is 1. The van der Waals surface area contributed by atoms with Crippen molar-refractivity contribution in [3.63, 3.8) is 0 Å². The van der Waals surface area contributed by atoms with Crippen LogP contribution in [0.3, 0.4) is 0 Å². The average molecular weight is 300 g/mol. The first-order valence-corrected chi connectivity index (χ1v) is 6.02. The molecule has 2 heterocycles. The van der Waals surface area contributed by atoms with E-state index in [1.54, 1.807) is 19.6 Å². The summed E-state index contributed by atoms with van der Waals surface area (Å²) in [5, 5.41) is 4.25. The van der Waals surface area contributed by atoms with Gasteiger partial charge < -0.3 is 14.9 Å². The molecule has 0 fully saturated rings. The number of hydrogen-bond acceptors (Lipinski definition) is 4. The van der Waals surface area contributed by atoms with Crippen LogP contribution in [0, 0.1) is 0 Å². The Labute approximate surface area is 108 Å². The molecule has 0 aliphatic heterocycles. The zero-order valence-corrected chi connectivity index (χ0v) is 11.1. The normalized spacial score (nSPS) is 12.9. The SMILES string of the molecule is COCCn1ncc(Br)c1C(N)c1ccco1. The molecule has 0 bridgehead atoms. The molecule has 92 valence electrons. The summed E-state index contributed by atoms with van der Waals surface area (Å²) >= 11 is 3.45. The van der Waals surface area contributed by atoms with Crippen molar-refractivity contribution in [3.8, 4) is 0 Å². The molecular weight excluding hydrogens is 286 g/mol. The molecule has 5 nitrogen and oxygen atoms in total. The Morgan fingerprint density at radius 1 is 1.65 bits per heavy atom. The molecular formula is C11H14BrN3O2. The van der Waals surface area contributed by atoms with Gasteiger partial charge in [0.05, 0.1) is 35.8 Å². The number of ether oxygens (including phenoxy) is 1. The van der Waals surface area contributed by atoms with Crippen LogP contribution in [0.25, 0.3) is 0 Å². The van der Waals surface area contributed by atoms with E-state index in [1.807, 2.05) is 16.8 Å². The lowest BCUT2D eigenvalue weighted by molar-refractivity contribution is 0.182.